The van der Waals surface area contributed by atoms with Gasteiger partial charge in [0.2, 0.25) is 15.9 Å². The van der Waals surface area contributed by atoms with E-state index in [9.17, 15) is 18.0 Å². The molecule has 1 fully saturated rings. The topological polar surface area (TPSA) is 105 Å². The summed E-state index contributed by atoms with van der Waals surface area (Å²) in [6, 6.07) is 18.9. The van der Waals surface area contributed by atoms with Gasteiger partial charge in [0.05, 0.1) is 24.5 Å². The van der Waals surface area contributed by atoms with Crippen LogP contribution in [0.1, 0.15) is 35.7 Å². The average molecular weight is 564 g/mol. The predicted molar refractivity (Wildman–Crippen MR) is 153 cm³/mol. The van der Waals surface area contributed by atoms with Crippen LogP contribution >= 0.6 is 0 Å². The van der Waals surface area contributed by atoms with E-state index in [1.54, 1.807) is 48.4 Å². The molecule has 10 heteroatoms. The van der Waals surface area contributed by atoms with E-state index in [1.807, 2.05) is 25.1 Å². The zero-order chi connectivity index (χ0) is 28.3. The van der Waals surface area contributed by atoms with Crippen LogP contribution in [0.15, 0.2) is 71.6 Å². The van der Waals surface area contributed by atoms with Gasteiger partial charge in [0, 0.05) is 36.6 Å². The fourth-order valence-corrected chi connectivity index (χ4v) is 6.72. The van der Waals surface area contributed by atoms with Gasteiger partial charge in [-0.05, 0) is 92.4 Å². The number of amides is 2. The van der Waals surface area contributed by atoms with Crippen LogP contribution < -0.4 is 19.7 Å². The third-order valence-corrected chi connectivity index (χ3v) is 9.24. The number of anilines is 2. The van der Waals surface area contributed by atoms with Crippen LogP contribution in [0.25, 0.3) is 0 Å². The van der Waals surface area contributed by atoms with E-state index in [-0.39, 0.29) is 23.3 Å². The summed E-state index contributed by atoms with van der Waals surface area (Å²) in [6.45, 7) is 3.38. The van der Waals surface area contributed by atoms with Crippen LogP contribution in [-0.2, 0) is 21.2 Å². The molecule has 1 atom stereocenters. The van der Waals surface area contributed by atoms with Crippen molar-refractivity contribution in [1.29, 1.82) is 0 Å². The van der Waals surface area contributed by atoms with Gasteiger partial charge in [0.25, 0.3) is 5.91 Å². The Balaban J connectivity index is 1.27. The second-order valence-electron chi connectivity index (χ2n) is 9.87. The van der Waals surface area contributed by atoms with Gasteiger partial charge in [-0.15, -0.1) is 0 Å². The van der Waals surface area contributed by atoms with Crippen molar-refractivity contribution in [1.82, 2.24) is 4.31 Å². The fourth-order valence-electron chi connectivity index (χ4n) is 5.20. The van der Waals surface area contributed by atoms with Crippen molar-refractivity contribution in [3.63, 3.8) is 0 Å². The SMILES string of the molecule is CCOc1ccc(S(=O)(=O)N2CCCC(C(=O)Nc3ccc4c(c3)N(C(=O)c3ccc(OC)cc3)CC4)C2)cc1. The third kappa shape index (κ3) is 5.68. The Kier molecular flexibility index (Phi) is 8.09. The highest BCUT2D eigenvalue weighted by molar-refractivity contribution is 7.89. The molecule has 0 bridgehead atoms. The molecule has 1 unspecified atom stereocenters. The first-order valence-corrected chi connectivity index (χ1v) is 14.9. The molecule has 2 aliphatic rings. The smallest absolute Gasteiger partial charge is 0.258 e. The number of hydrogen-bond acceptors (Lipinski definition) is 6. The van der Waals surface area contributed by atoms with Crippen LogP contribution in [0, 0.1) is 5.92 Å². The Bertz CT molecular complexity index is 1490. The van der Waals surface area contributed by atoms with Crippen molar-refractivity contribution < 1.29 is 27.5 Å². The van der Waals surface area contributed by atoms with E-state index in [1.165, 1.54) is 16.4 Å². The number of hydrogen-bond donors (Lipinski definition) is 1. The zero-order valence-electron chi connectivity index (χ0n) is 22.6. The number of carbonyl (C=O) groups is 2. The minimum atomic E-state index is -3.74. The Morgan fingerprint density at radius 3 is 2.40 bits per heavy atom. The number of sulfonamides is 1. The van der Waals surface area contributed by atoms with Crippen molar-refractivity contribution in [3.05, 3.63) is 77.9 Å². The summed E-state index contributed by atoms with van der Waals surface area (Å²) < 4.78 is 38.5. The summed E-state index contributed by atoms with van der Waals surface area (Å²) in [6.07, 6.45) is 1.91. The second-order valence-corrected chi connectivity index (χ2v) is 11.8. The van der Waals surface area contributed by atoms with E-state index in [0.29, 0.717) is 55.3 Å². The Labute approximate surface area is 234 Å². The zero-order valence-corrected chi connectivity index (χ0v) is 23.4. The second kappa shape index (κ2) is 11.7. The quantitative estimate of drug-likeness (QED) is 0.437. The minimum absolute atomic E-state index is 0.106. The normalized spacial score (nSPS) is 17.2. The van der Waals surface area contributed by atoms with E-state index >= 15 is 0 Å². The number of nitrogens with one attached hydrogen (secondary N) is 1. The Morgan fingerprint density at radius 1 is 0.975 bits per heavy atom. The number of methoxy groups -OCH3 is 1. The Hall–Kier alpha value is -3.89. The van der Waals surface area contributed by atoms with E-state index in [4.69, 9.17) is 9.47 Å². The minimum Gasteiger partial charge on any atom is -0.497 e. The molecule has 40 heavy (non-hydrogen) atoms. The third-order valence-electron chi connectivity index (χ3n) is 7.36. The fraction of sp³-hybridized carbons (Fsp3) is 0.333. The predicted octanol–water partition coefficient (Wildman–Crippen LogP) is 4.34. The molecule has 2 heterocycles. The van der Waals surface area contributed by atoms with Crippen LogP contribution in [0.3, 0.4) is 0 Å². The first-order chi connectivity index (χ1) is 19.3. The van der Waals surface area contributed by atoms with Crippen molar-refractivity contribution in [2.45, 2.75) is 31.1 Å². The molecule has 0 saturated carbocycles. The van der Waals surface area contributed by atoms with Crippen molar-refractivity contribution in [2.24, 2.45) is 5.92 Å². The molecule has 1 N–H and O–H groups in total. The number of rotatable bonds is 8. The largest absolute Gasteiger partial charge is 0.497 e. The molecule has 3 aromatic carbocycles. The molecule has 0 aromatic heterocycles. The van der Waals surface area contributed by atoms with Gasteiger partial charge in [0.1, 0.15) is 11.5 Å². The molecule has 2 aliphatic heterocycles. The molecule has 0 spiro atoms. The summed E-state index contributed by atoms with van der Waals surface area (Å²) in [7, 11) is -2.16. The average Bonchev–Trinajstić information content (AvgIpc) is 3.40. The maximum atomic E-state index is 13.3. The van der Waals surface area contributed by atoms with Crippen molar-refractivity contribution in [2.75, 3.05) is 43.6 Å². The molecule has 3 aromatic rings. The van der Waals surface area contributed by atoms with Gasteiger partial charge in [-0.25, -0.2) is 8.42 Å². The van der Waals surface area contributed by atoms with Crippen LogP contribution in [0.4, 0.5) is 11.4 Å². The summed E-state index contributed by atoms with van der Waals surface area (Å²) in [4.78, 5) is 28.4. The van der Waals surface area contributed by atoms with Crippen LogP contribution in [-0.4, -0.2) is 57.9 Å². The lowest BCUT2D eigenvalue weighted by Gasteiger charge is -2.31. The number of carbonyl (C=O) groups excluding carboxylic acids is 2. The first-order valence-electron chi connectivity index (χ1n) is 13.4. The maximum absolute atomic E-state index is 13.3. The van der Waals surface area contributed by atoms with E-state index in [2.05, 4.69) is 5.32 Å². The first kappa shape index (κ1) is 27.7. The van der Waals surface area contributed by atoms with Gasteiger partial charge in [-0.1, -0.05) is 6.07 Å². The lowest BCUT2D eigenvalue weighted by molar-refractivity contribution is -0.120. The number of benzene rings is 3. The number of ether oxygens (including phenoxy) is 2. The van der Waals surface area contributed by atoms with Crippen molar-refractivity contribution >= 4 is 33.2 Å². The summed E-state index contributed by atoms with van der Waals surface area (Å²) in [5, 5.41) is 2.96. The highest BCUT2D eigenvalue weighted by Crippen LogP contribution is 2.33. The summed E-state index contributed by atoms with van der Waals surface area (Å²) in [5.74, 6) is 0.439. The molecule has 0 aliphatic carbocycles. The van der Waals surface area contributed by atoms with Gasteiger partial charge < -0.3 is 19.7 Å². The van der Waals surface area contributed by atoms with Crippen LogP contribution in [0.5, 0.6) is 11.5 Å². The Morgan fingerprint density at radius 2 is 1.70 bits per heavy atom. The molecule has 1 saturated heterocycles. The monoisotopic (exact) mass is 563 g/mol. The van der Waals surface area contributed by atoms with Gasteiger partial charge in [-0.3, -0.25) is 9.59 Å². The van der Waals surface area contributed by atoms with E-state index in [0.717, 1.165) is 17.7 Å². The molecular formula is C30H33N3O6S. The maximum Gasteiger partial charge on any atom is 0.258 e. The molecule has 0 radical (unpaired) electrons. The molecular weight excluding hydrogens is 530 g/mol. The standard InChI is InChI=1S/C30H33N3O6S/c1-3-39-26-12-14-27(15-13-26)40(36,37)32-17-4-5-23(20-32)29(34)31-24-9-6-21-16-18-33(28(21)19-24)30(35)22-7-10-25(38-2)11-8-22/h6-15,19,23H,3-5,16-18,20H2,1-2H3,(H,31,34). The number of nitrogens with zero attached hydrogens (tertiary/aromatic N) is 2. The van der Waals surface area contributed by atoms with Crippen LogP contribution in [0.2, 0.25) is 0 Å². The molecule has 5 rings (SSSR count). The molecule has 2 amide bonds. The van der Waals surface area contributed by atoms with E-state index < -0.39 is 15.9 Å². The van der Waals surface area contributed by atoms with Gasteiger partial charge in [0.15, 0.2) is 0 Å². The molecule has 9 nitrogen and oxygen atoms in total. The van der Waals surface area contributed by atoms with Gasteiger partial charge in [-0.2, -0.15) is 4.31 Å². The molecule has 210 valence electrons. The highest BCUT2D eigenvalue weighted by Gasteiger charge is 2.34. The lowest BCUT2D eigenvalue weighted by Crippen LogP contribution is -2.43. The summed E-state index contributed by atoms with van der Waals surface area (Å²) >= 11 is 0. The van der Waals surface area contributed by atoms with Crippen molar-refractivity contribution in [3.8, 4) is 11.5 Å². The number of piperidine rings is 1. The highest BCUT2D eigenvalue weighted by atomic mass is 32.2. The lowest BCUT2D eigenvalue weighted by atomic mass is 9.98. The summed E-state index contributed by atoms with van der Waals surface area (Å²) in [5.41, 5.74) is 2.93. The van der Waals surface area contributed by atoms with Gasteiger partial charge >= 0.3 is 0 Å². The number of fused-ring (bicyclic) bond motifs is 1.